The van der Waals surface area contributed by atoms with Crippen molar-refractivity contribution in [1.82, 2.24) is 4.57 Å². The van der Waals surface area contributed by atoms with Crippen molar-refractivity contribution >= 4 is 11.8 Å². The summed E-state index contributed by atoms with van der Waals surface area (Å²) >= 11 is 0. The molecule has 0 aliphatic carbocycles. The maximum Gasteiger partial charge on any atom is 0.344 e. The molecule has 2 heterocycles. The number of ether oxygens (including phenoxy) is 2. The zero-order valence-electron chi connectivity index (χ0n) is 15.3. The van der Waals surface area contributed by atoms with Crippen molar-refractivity contribution in [3.8, 4) is 0 Å². The summed E-state index contributed by atoms with van der Waals surface area (Å²) in [4.78, 5) is 24.4. The Morgan fingerprint density at radius 2 is 1.96 bits per heavy atom. The molecule has 7 heteroatoms. The van der Waals surface area contributed by atoms with Gasteiger partial charge in [0.05, 0.1) is 6.10 Å². The Hall–Kier alpha value is -2.54. The zero-order chi connectivity index (χ0) is 19.6. The van der Waals surface area contributed by atoms with Crippen LogP contribution in [0.1, 0.15) is 44.9 Å². The SMILES string of the molecule is Cc1cc(C(=O)COC(=O)c2c(F)cccc2F)c(C)n1CC1CCCO1. The minimum Gasteiger partial charge on any atom is -0.454 e. The lowest BCUT2D eigenvalue weighted by molar-refractivity contribution is 0.0465. The summed E-state index contributed by atoms with van der Waals surface area (Å²) in [5.74, 6) is -3.68. The smallest absolute Gasteiger partial charge is 0.344 e. The molecule has 1 saturated heterocycles. The van der Waals surface area contributed by atoms with Gasteiger partial charge >= 0.3 is 5.97 Å². The molecule has 1 aliphatic heterocycles. The number of rotatable bonds is 6. The highest BCUT2D eigenvalue weighted by Gasteiger charge is 2.23. The fraction of sp³-hybridized carbons (Fsp3) is 0.400. The van der Waals surface area contributed by atoms with Gasteiger partial charge in [0.25, 0.3) is 0 Å². The van der Waals surface area contributed by atoms with Gasteiger partial charge in [-0.15, -0.1) is 0 Å². The summed E-state index contributed by atoms with van der Waals surface area (Å²) in [7, 11) is 0. The minimum atomic E-state index is -1.20. The van der Waals surface area contributed by atoms with E-state index in [9.17, 15) is 18.4 Å². The second-order valence-electron chi connectivity index (χ2n) is 6.63. The third kappa shape index (κ3) is 4.08. The molecule has 0 N–H and O–H groups in total. The summed E-state index contributed by atoms with van der Waals surface area (Å²) in [5.41, 5.74) is 1.28. The summed E-state index contributed by atoms with van der Waals surface area (Å²) in [6, 6.07) is 4.79. The number of carbonyl (C=O) groups is 2. The molecule has 1 unspecified atom stereocenters. The Labute approximate surface area is 155 Å². The zero-order valence-corrected chi connectivity index (χ0v) is 15.3. The van der Waals surface area contributed by atoms with E-state index in [0.29, 0.717) is 12.1 Å². The van der Waals surface area contributed by atoms with Gasteiger partial charge in [0.2, 0.25) is 5.78 Å². The summed E-state index contributed by atoms with van der Waals surface area (Å²) < 4.78 is 39.7. The number of nitrogens with zero attached hydrogens (tertiary/aromatic N) is 1. The van der Waals surface area contributed by atoms with Crippen molar-refractivity contribution in [2.75, 3.05) is 13.2 Å². The van der Waals surface area contributed by atoms with Crippen molar-refractivity contribution in [2.45, 2.75) is 39.3 Å². The molecule has 144 valence electrons. The lowest BCUT2D eigenvalue weighted by Gasteiger charge is -2.14. The molecule has 0 spiro atoms. The molecular formula is C20H21F2NO4. The highest BCUT2D eigenvalue weighted by Crippen LogP contribution is 2.21. The number of aromatic nitrogens is 1. The first-order chi connectivity index (χ1) is 12.9. The molecule has 1 aromatic heterocycles. The topological polar surface area (TPSA) is 57.5 Å². The molecule has 1 aliphatic rings. The molecule has 0 radical (unpaired) electrons. The van der Waals surface area contributed by atoms with Crippen molar-refractivity contribution < 1.29 is 27.8 Å². The van der Waals surface area contributed by atoms with E-state index in [4.69, 9.17) is 9.47 Å². The number of benzene rings is 1. The maximum atomic E-state index is 13.6. The van der Waals surface area contributed by atoms with E-state index >= 15 is 0 Å². The van der Waals surface area contributed by atoms with Crippen LogP contribution in [-0.2, 0) is 16.0 Å². The van der Waals surface area contributed by atoms with Gasteiger partial charge in [0.1, 0.15) is 17.2 Å². The van der Waals surface area contributed by atoms with Gasteiger partial charge in [0.15, 0.2) is 6.61 Å². The Bertz CT molecular complexity index is 849. The van der Waals surface area contributed by atoms with E-state index in [0.717, 1.165) is 49.0 Å². The Morgan fingerprint density at radius 1 is 1.26 bits per heavy atom. The van der Waals surface area contributed by atoms with Crippen LogP contribution in [0, 0.1) is 25.5 Å². The molecule has 3 rings (SSSR count). The van der Waals surface area contributed by atoms with Crippen LogP contribution in [-0.4, -0.2) is 35.6 Å². The fourth-order valence-corrected chi connectivity index (χ4v) is 3.33. The molecule has 1 atom stereocenters. The second kappa shape index (κ2) is 8.00. The predicted molar refractivity (Wildman–Crippen MR) is 93.9 cm³/mol. The molecule has 0 bridgehead atoms. The van der Waals surface area contributed by atoms with Gasteiger partial charge in [-0.25, -0.2) is 13.6 Å². The molecule has 2 aromatic rings. The number of hydrogen-bond acceptors (Lipinski definition) is 4. The van der Waals surface area contributed by atoms with E-state index < -0.39 is 35.6 Å². The number of ketones is 1. The summed E-state index contributed by atoms with van der Waals surface area (Å²) in [6.07, 6.45) is 2.13. The monoisotopic (exact) mass is 377 g/mol. The number of Topliss-reactive ketones (excluding diaryl/α,β-unsaturated/α-hetero) is 1. The van der Waals surface area contributed by atoms with Crippen LogP contribution in [0.3, 0.4) is 0 Å². The molecule has 1 aromatic carbocycles. The van der Waals surface area contributed by atoms with Crippen LogP contribution in [0.2, 0.25) is 0 Å². The predicted octanol–water partition coefficient (Wildman–Crippen LogP) is 3.60. The average molecular weight is 377 g/mol. The quantitative estimate of drug-likeness (QED) is 0.570. The Balaban J connectivity index is 1.68. The van der Waals surface area contributed by atoms with E-state index in [2.05, 4.69) is 0 Å². The van der Waals surface area contributed by atoms with E-state index in [1.165, 1.54) is 0 Å². The van der Waals surface area contributed by atoms with Gasteiger partial charge < -0.3 is 14.0 Å². The van der Waals surface area contributed by atoms with Gasteiger partial charge in [-0.2, -0.15) is 0 Å². The van der Waals surface area contributed by atoms with Crippen LogP contribution < -0.4 is 0 Å². The van der Waals surface area contributed by atoms with Crippen LogP contribution in [0.5, 0.6) is 0 Å². The molecule has 5 nitrogen and oxygen atoms in total. The largest absolute Gasteiger partial charge is 0.454 e. The van der Waals surface area contributed by atoms with Crippen LogP contribution >= 0.6 is 0 Å². The minimum absolute atomic E-state index is 0.125. The number of carbonyl (C=O) groups excluding carboxylic acids is 2. The summed E-state index contributed by atoms with van der Waals surface area (Å²) in [5, 5.41) is 0. The van der Waals surface area contributed by atoms with E-state index in [1.54, 1.807) is 6.07 Å². The second-order valence-corrected chi connectivity index (χ2v) is 6.63. The van der Waals surface area contributed by atoms with Crippen LogP contribution in [0.4, 0.5) is 8.78 Å². The number of aryl methyl sites for hydroxylation is 1. The number of esters is 1. The molecule has 0 saturated carbocycles. The number of halogens is 2. The van der Waals surface area contributed by atoms with E-state index in [1.807, 2.05) is 18.4 Å². The standard InChI is InChI=1S/C20H21F2NO4/c1-12-9-15(13(2)23(12)10-14-5-4-8-26-14)18(24)11-27-20(25)19-16(21)6-3-7-17(19)22/h3,6-7,9,14H,4-5,8,10-11H2,1-2H3. The van der Waals surface area contributed by atoms with Gasteiger partial charge in [-0.3, -0.25) is 4.79 Å². The molecular weight excluding hydrogens is 356 g/mol. The molecule has 0 amide bonds. The average Bonchev–Trinajstić information content (AvgIpc) is 3.23. The third-order valence-electron chi connectivity index (χ3n) is 4.79. The highest BCUT2D eigenvalue weighted by molar-refractivity contribution is 6.00. The molecule has 27 heavy (non-hydrogen) atoms. The third-order valence-corrected chi connectivity index (χ3v) is 4.79. The van der Waals surface area contributed by atoms with Crippen LogP contribution in [0.15, 0.2) is 24.3 Å². The first-order valence-corrected chi connectivity index (χ1v) is 8.81. The lowest BCUT2D eigenvalue weighted by Crippen LogP contribution is -2.19. The Kier molecular flexibility index (Phi) is 5.70. The van der Waals surface area contributed by atoms with Crippen molar-refractivity contribution in [2.24, 2.45) is 0 Å². The van der Waals surface area contributed by atoms with Crippen molar-refractivity contribution in [3.05, 3.63) is 58.4 Å². The van der Waals surface area contributed by atoms with Crippen LogP contribution in [0.25, 0.3) is 0 Å². The summed E-state index contributed by atoms with van der Waals surface area (Å²) in [6.45, 7) is 4.52. The first-order valence-electron chi connectivity index (χ1n) is 8.81. The van der Waals surface area contributed by atoms with Gasteiger partial charge in [0, 0.05) is 30.1 Å². The normalized spacial score (nSPS) is 16.5. The van der Waals surface area contributed by atoms with Gasteiger partial charge in [-0.1, -0.05) is 6.07 Å². The Morgan fingerprint density at radius 3 is 2.59 bits per heavy atom. The first kappa shape index (κ1) is 19.2. The lowest BCUT2D eigenvalue weighted by atomic mass is 10.1. The molecule has 1 fully saturated rings. The van der Waals surface area contributed by atoms with Gasteiger partial charge in [-0.05, 0) is 44.9 Å². The highest BCUT2D eigenvalue weighted by atomic mass is 19.1. The van der Waals surface area contributed by atoms with E-state index in [-0.39, 0.29) is 6.10 Å². The fourth-order valence-electron chi connectivity index (χ4n) is 3.33. The number of hydrogen-bond donors (Lipinski definition) is 0. The maximum absolute atomic E-state index is 13.6. The van der Waals surface area contributed by atoms with Crippen molar-refractivity contribution in [3.63, 3.8) is 0 Å². The van der Waals surface area contributed by atoms with Crippen molar-refractivity contribution in [1.29, 1.82) is 0 Å².